The summed E-state index contributed by atoms with van der Waals surface area (Å²) < 4.78 is 27.7. The van der Waals surface area contributed by atoms with Crippen molar-refractivity contribution in [1.82, 2.24) is 5.32 Å². The second-order valence-electron chi connectivity index (χ2n) is 5.50. The number of sulfonamides is 1. The summed E-state index contributed by atoms with van der Waals surface area (Å²) in [5, 5.41) is 8.46. The molecule has 114 valence electrons. The predicted octanol–water partition coefficient (Wildman–Crippen LogP) is 1.80. The average molecular weight is 300 g/mol. The molecule has 0 radical (unpaired) electrons. The van der Waals surface area contributed by atoms with E-state index in [9.17, 15) is 8.42 Å². The molecule has 6 heteroatoms. The Bertz CT molecular complexity index is 524. The van der Waals surface area contributed by atoms with E-state index < -0.39 is 10.0 Å². The average Bonchev–Trinajstić information content (AvgIpc) is 2.37. The molecule has 0 bridgehead atoms. The second-order valence-corrected chi connectivity index (χ2v) is 7.07. The van der Waals surface area contributed by atoms with Gasteiger partial charge in [-0.05, 0) is 51.4 Å². The fraction of sp³-hybridized carbons (Fsp3) is 0.571. The van der Waals surface area contributed by atoms with Gasteiger partial charge >= 0.3 is 0 Å². The van der Waals surface area contributed by atoms with Crippen LogP contribution >= 0.6 is 0 Å². The molecule has 0 aliphatic rings. The fourth-order valence-corrected chi connectivity index (χ4v) is 2.27. The third-order valence-electron chi connectivity index (χ3n) is 3.44. The van der Waals surface area contributed by atoms with Gasteiger partial charge in [0.25, 0.3) is 0 Å². The molecule has 0 saturated carbocycles. The molecule has 20 heavy (non-hydrogen) atoms. The first-order valence-corrected chi connectivity index (χ1v) is 8.12. The van der Waals surface area contributed by atoms with Crippen molar-refractivity contribution in [2.24, 2.45) is 5.14 Å². The lowest BCUT2D eigenvalue weighted by Crippen LogP contribution is -2.30. The zero-order chi connectivity index (χ0) is 15.4. The first kappa shape index (κ1) is 17.1. The summed E-state index contributed by atoms with van der Waals surface area (Å²) in [6, 6.07) is 6.75. The van der Waals surface area contributed by atoms with Gasteiger partial charge < -0.3 is 10.1 Å². The molecule has 1 aromatic rings. The highest BCUT2D eigenvalue weighted by molar-refractivity contribution is 7.89. The number of rotatable bonds is 7. The van der Waals surface area contributed by atoms with E-state index in [-0.39, 0.29) is 16.5 Å². The molecule has 0 aromatic heterocycles. The van der Waals surface area contributed by atoms with Crippen molar-refractivity contribution >= 4 is 10.0 Å². The third kappa shape index (κ3) is 5.20. The molecule has 1 rings (SSSR count). The van der Waals surface area contributed by atoms with Crippen LogP contribution in [0.4, 0.5) is 0 Å². The number of methoxy groups -OCH3 is 1. The van der Waals surface area contributed by atoms with Gasteiger partial charge in [-0.1, -0.05) is 12.1 Å². The van der Waals surface area contributed by atoms with Gasteiger partial charge in [-0.3, -0.25) is 0 Å². The van der Waals surface area contributed by atoms with E-state index in [0.29, 0.717) is 0 Å². The molecule has 1 unspecified atom stereocenters. The van der Waals surface area contributed by atoms with Crippen LogP contribution in [-0.2, 0) is 14.8 Å². The lowest BCUT2D eigenvalue weighted by molar-refractivity contribution is 0.0154. The minimum atomic E-state index is -3.62. The van der Waals surface area contributed by atoms with Gasteiger partial charge in [0.05, 0.1) is 10.5 Å². The molecule has 1 aromatic carbocycles. The van der Waals surface area contributed by atoms with Crippen molar-refractivity contribution in [3.63, 3.8) is 0 Å². The maximum atomic E-state index is 11.2. The zero-order valence-corrected chi connectivity index (χ0v) is 13.3. The minimum Gasteiger partial charge on any atom is -0.379 e. The van der Waals surface area contributed by atoms with Gasteiger partial charge in [0, 0.05) is 13.2 Å². The molecule has 3 N–H and O–H groups in total. The Morgan fingerprint density at radius 2 is 1.85 bits per heavy atom. The molecule has 0 heterocycles. The Morgan fingerprint density at radius 3 is 2.30 bits per heavy atom. The van der Waals surface area contributed by atoms with E-state index in [1.54, 1.807) is 19.2 Å². The van der Waals surface area contributed by atoms with Crippen molar-refractivity contribution in [1.29, 1.82) is 0 Å². The van der Waals surface area contributed by atoms with Crippen LogP contribution in [0, 0.1) is 0 Å². The molecule has 0 aliphatic heterocycles. The third-order valence-corrected chi connectivity index (χ3v) is 4.37. The summed E-state index contributed by atoms with van der Waals surface area (Å²) in [4.78, 5) is 0.133. The predicted molar refractivity (Wildman–Crippen MR) is 79.9 cm³/mol. The van der Waals surface area contributed by atoms with Crippen LogP contribution in [0.15, 0.2) is 29.2 Å². The second kappa shape index (κ2) is 6.67. The highest BCUT2D eigenvalue weighted by Crippen LogP contribution is 2.17. The summed E-state index contributed by atoms with van der Waals surface area (Å²) in [6.07, 6.45) is 0.892. The number of nitrogens with one attached hydrogen (secondary N) is 1. The zero-order valence-electron chi connectivity index (χ0n) is 12.5. The molecule has 0 saturated heterocycles. The van der Waals surface area contributed by atoms with E-state index in [1.807, 2.05) is 20.8 Å². The van der Waals surface area contributed by atoms with Gasteiger partial charge in [0.15, 0.2) is 0 Å². The van der Waals surface area contributed by atoms with Crippen molar-refractivity contribution < 1.29 is 13.2 Å². The van der Waals surface area contributed by atoms with Crippen molar-refractivity contribution in [2.45, 2.75) is 43.7 Å². The van der Waals surface area contributed by atoms with E-state index in [4.69, 9.17) is 9.88 Å². The maximum absolute atomic E-state index is 11.2. The van der Waals surface area contributed by atoms with Gasteiger partial charge in [0.1, 0.15) is 0 Å². The van der Waals surface area contributed by atoms with Crippen molar-refractivity contribution in [3.8, 4) is 0 Å². The van der Waals surface area contributed by atoms with Crippen LogP contribution < -0.4 is 10.5 Å². The Labute approximate surface area is 121 Å². The smallest absolute Gasteiger partial charge is 0.238 e. The van der Waals surface area contributed by atoms with Crippen molar-refractivity contribution in [3.05, 3.63) is 29.8 Å². The summed E-state index contributed by atoms with van der Waals surface area (Å²) >= 11 is 0. The van der Waals surface area contributed by atoms with Gasteiger partial charge in [-0.2, -0.15) is 0 Å². The van der Waals surface area contributed by atoms with Gasteiger partial charge in [0.2, 0.25) is 10.0 Å². The van der Waals surface area contributed by atoms with E-state index in [1.165, 1.54) is 12.1 Å². The standard InChI is InChI=1S/C14H24N2O3S/c1-11(16-10-9-14(2,3)19-4)12-5-7-13(8-6-12)20(15,17)18/h5-8,11,16H,9-10H2,1-4H3,(H2,15,17,18). The van der Waals surface area contributed by atoms with Crippen LogP contribution in [0.1, 0.15) is 38.8 Å². The number of nitrogens with two attached hydrogens (primary N) is 1. The fourth-order valence-electron chi connectivity index (χ4n) is 1.76. The van der Waals surface area contributed by atoms with Gasteiger partial charge in [-0.15, -0.1) is 0 Å². The minimum absolute atomic E-state index is 0.133. The first-order chi connectivity index (χ1) is 9.15. The number of hydrogen-bond acceptors (Lipinski definition) is 4. The molecule has 0 aliphatic carbocycles. The lowest BCUT2D eigenvalue weighted by Gasteiger charge is -2.24. The lowest BCUT2D eigenvalue weighted by atomic mass is 10.0. The Morgan fingerprint density at radius 1 is 1.30 bits per heavy atom. The topological polar surface area (TPSA) is 81.4 Å². The Balaban J connectivity index is 2.58. The molecule has 0 spiro atoms. The quantitative estimate of drug-likeness (QED) is 0.804. The molecule has 5 nitrogen and oxygen atoms in total. The van der Waals surface area contributed by atoms with Gasteiger partial charge in [-0.25, -0.2) is 13.6 Å². The normalized spacial score (nSPS) is 14.2. The molecule has 1 atom stereocenters. The van der Waals surface area contributed by atoms with Crippen LogP contribution in [0.2, 0.25) is 0 Å². The number of benzene rings is 1. The first-order valence-electron chi connectivity index (χ1n) is 6.57. The van der Waals surface area contributed by atoms with E-state index in [2.05, 4.69) is 5.32 Å². The number of primary sulfonamides is 1. The van der Waals surface area contributed by atoms with Crippen molar-refractivity contribution in [2.75, 3.05) is 13.7 Å². The van der Waals surface area contributed by atoms with Crippen LogP contribution in [0.3, 0.4) is 0 Å². The highest BCUT2D eigenvalue weighted by atomic mass is 32.2. The Hall–Kier alpha value is -0.950. The molecular weight excluding hydrogens is 276 g/mol. The summed E-state index contributed by atoms with van der Waals surface area (Å²) in [5.74, 6) is 0. The SMILES string of the molecule is COC(C)(C)CCNC(C)c1ccc(S(N)(=O)=O)cc1. The van der Waals surface area contributed by atoms with Crippen LogP contribution in [0.5, 0.6) is 0 Å². The summed E-state index contributed by atoms with van der Waals surface area (Å²) in [5.41, 5.74) is 0.872. The van der Waals surface area contributed by atoms with E-state index >= 15 is 0 Å². The molecule has 0 fully saturated rings. The summed E-state index contributed by atoms with van der Waals surface area (Å²) in [6.45, 7) is 6.94. The number of ether oxygens (including phenoxy) is 1. The van der Waals surface area contributed by atoms with Crippen LogP contribution in [0.25, 0.3) is 0 Å². The highest BCUT2D eigenvalue weighted by Gasteiger charge is 2.16. The Kier molecular flexibility index (Phi) is 5.70. The monoisotopic (exact) mass is 300 g/mol. The largest absolute Gasteiger partial charge is 0.379 e. The van der Waals surface area contributed by atoms with Crippen LogP contribution in [-0.4, -0.2) is 27.7 Å². The molecule has 0 amide bonds. The molecular formula is C14H24N2O3S. The number of hydrogen-bond donors (Lipinski definition) is 2. The summed E-state index contributed by atoms with van der Waals surface area (Å²) in [7, 11) is -1.92. The maximum Gasteiger partial charge on any atom is 0.238 e. The van der Waals surface area contributed by atoms with E-state index in [0.717, 1.165) is 18.5 Å².